The van der Waals surface area contributed by atoms with Crippen molar-refractivity contribution >= 4 is 31.1 Å². The zero-order valence-electron chi connectivity index (χ0n) is 11.4. The molecule has 0 spiro atoms. The summed E-state index contributed by atoms with van der Waals surface area (Å²) in [4.78, 5) is 4.08. The molecule has 128 valence electrons. The van der Waals surface area contributed by atoms with Crippen molar-refractivity contribution in [2.24, 2.45) is 0 Å². The summed E-state index contributed by atoms with van der Waals surface area (Å²) in [6.45, 7) is 0. The second kappa shape index (κ2) is 6.68. The van der Waals surface area contributed by atoms with Crippen LogP contribution in [0.5, 0.6) is 5.75 Å². The maximum atomic E-state index is 11.0. The van der Waals surface area contributed by atoms with Crippen molar-refractivity contribution in [2.45, 2.75) is 5.51 Å². The zero-order valence-corrected chi connectivity index (χ0v) is 13.0. The van der Waals surface area contributed by atoms with Crippen molar-refractivity contribution in [3.05, 3.63) is 36.5 Å². The van der Waals surface area contributed by atoms with Crippen molar-refractivity contribution in [1.82, 2.24) is 4.98 Å². The number of alkyl halides is 3. The Balaban J connectivity index is 0.000000284. The smallest absolute Gasteiger partial charge is 0.380 e. The summed E-state index contributed by atoms with van der Waals surface area (Å²) in [5.41, 5.74) is -4.99. The third-order valence-electron chi connectivity index (χ3n) is 2.13. The van der Waals surface area contributed by atoms with E-state index in [0.717, 1.165) is 11.6 Å². The van der Waals surface area contributed by atoms with Gasteiger partial charge in [0, 0.05) is 11.6 Å². The van der Waals surface area contributed by atoms with Crippen molar-refractivity contribution in [1.29, 1.82) is 0 Å². The molecule has 2 aromatic rings. The molecule has 0 radical (unpaired) electrons. The highest BCUT2D eigenvalue weighted by Crippen LogP contribution is 2.23. The predicted molar refractivity (Wildman–Crippen MR) is 74.8 cm³/mol. The molecule has 0 amide bonds. The highest BCUT2D eigenvalue weighted by atomic mass is 32.2. The van der Waals surface area contributed by atoms with E-state index in [1.807, 2.05) is 12.1 Å². The molecule has 0 aliphatic rings. The van der Waals surface area contributed by atoms with E-state index in [0.29, 0.717) is 5.52 Å². The van der Waals surface area contributed by atoms with Gasteiger partial charge in [0.25, 0.3) is 0 Å². The van der Waals surface area contributed by atoms with E-state index < -0.39 is 25.7 Å². The molecule has 23 heavy (non-hydrogen) atoms. The van der Waals surface area contributed by atoms with Gasteiger partial charge < -0.3 is 4.18 Å². The van der Waals surface area contributed by atoms with Crippen LogP contribution in [0.4, 0.5) is 13.2 Å². The summed E-state index contributed by atoms with van der Waals surface area (Å²) >= 11 is 0. The van der Waals surface area contributed by atoms with Gasteiger partial charge in [-0.05, 0) is 12.1 Å². The maximum Gasteiger partial charge on any atom is 0.522 e. The van der Waals surface area contributed by atoms with Gasteiger partial charge in [-0.2, -0.15) is 30.0 Å². The van der Waals surface area contributed by atoms with Gasteiger partial charge in [-0.25, -0.2) is 0 Å². The Morgan fingerprint density at radius 1 is 1.09 bits per heavy atom. The zero-order chi connectivity index (χ0) is 17.9. The number of benzene rings is 1. The molecule has 0 atom stereocenters. The Bertz CT molecular complexity index is 888. The predicted octanol–water partition coefficient (Wildman–Crippen LogP) is 1.97. The Morgan fingerprint density at radius 2 is 1.61 bits per heavy atom. The van der Waals surface area contributed by atoms with E-state index >= 15 is 0 Å². The van der Waals surface area contributed by atoms with E-state index in [2.05, 4.69) is 4.98 Å². The SMILES string of the molecule is CS(=O)(=O)Oc1cccc2cccnc12.O=S(=O)(O)C(F)(F)F. The van der Waals surface area contributed by atoms with Gasteiger partial charge >= 0.3 is 25.7 Å². The Labute approximate surface area is 129 Å². The van der Waals surface area contributed by atoms with Gasteiger partial charge in [-0.15, -0.1) is 0 Å². The second-order valence-corrected chi connectivity index (χ2v) is 7.03. The number of hydrogen-bond acceptors (Lipinski definition) is 6. The average Bonchev–Trinajstić information content (AvgIpc) is 2.36. The molecule has 0 aliphatic heterocycles. The lowest BCUT2D eigenvalue weighted by Crippen LogP contribution is -2.21. The lowest BCUT2D eigenvalue weighted by atomic mass is 10.2. The van der Waals surface area contributed by atoms with Crippen LogP contribution in [0.25, 0.3) is 10.9 Å². The number of rotatable bonds is 2. The molecule has 0 unspecified atom stereocenters. The fraction of sp³-hybridized carbons (Fsp3) is 0.182. The molecule has 12 heteroatoms. The molecule has 0 bridgehead atoms. The van der Waals surface area contributed by atoms with Crippen LogP contribution >= 0.6 is 0 Å². The molecular weight excluding hydrogens is 363 g/mol. The fourth-order valence-corrected chi connectivity index (χ4v) is 1.77. The number of para-hydroxylation sites is 1. The quantitative estimate of drug-likeness (QED) is 0.487. The number of aromatic nitrogens is 1. The molecule has 1 aromatic heterocycles. The molecule has 1 heterocycles. The summed E-state index contributed by atoms with van der Waals surface area (Å²) in [5.74, 6) is 0.260. The Morgan fingerprint density at radius 3 is 2.09 bits per heavy atom. The first-order chi connectivity index (χ1) is 10.3. The normalized spacial score (nSPS) is 12.4. The van der Waals surface area contributed by atoms with Crippen LogP contribution in [0, 0.1) is 0 Å². The van der Waals surface area contributed by atoms with Gasteiger partial charge in [0.15, 0.2) is 5.75 Å². The number of nitrogens with zero attached hydrogens (tertiary/aromatic N) is 1. The van der Waals surface area contributed by atoms with Crippen LogP contribution in [0.1, 0.15) is 0 Å². The van der Waals surface area contributed by atoms with E-state index in [9.17, 15) is 21.6 Å². The number of pyridine rings is 1. The van der Waals surface area contributed by atoms with Crippen molar-refractivity contribution < 1.29 is 38.7 Å². The first-order valence-electron chi connectivity index (χ1n) is 5.58. The van der Waals surface area contributed by atoms with Crippen LogP contribution in [0.2, 0.25) is 0 Å². The third kappa shape index (κ3) is 6.00. The summed E-state index contributed by atoms with van der Waals surface area (Å²) in [7, 11) is -9.35. The maximum absolute atomic E-state index is 11.0. The lowest BCUT2D eigenvalue weighted by molar-refractivity contribution is -0.0510. The Kier molecular flexibility index (Phi) is 5.56. The van der Waals surface area contributed by atoms with Gasteiger partial charge in [0.05, 0.1) is 6.26 Å². The first kappa shape index (κ1) is 19.1. The molecule has 1 aromatic carbocycles. The molecule has 0 aliphatic carbocycles. The highest BCUT2D eigenvalue weighted by molar-refractivity contribution is 7.86. The highest BCUT2D eigenvalue weighted by Gasteiger charge is 2.44. The number of hydrogen-bond donors (Lipinski definition) is 1. The summed E-state index contributed by atoms with van der Waals surface area (Å²) < 4.78 is 84.4. The molecular formula is C11H10F3NO6S2. The standard InChI is InChI=1S/C10H9NO3S.CHF3O3S/c1-15(12,13)14-9-6-2-4-8-5-3-7-11-10(8)9;2-1(3,4)8(5,6)7/h2-7H,1H3;(H,5,6,7). The second-order valence-electron chi connectivity index (χ2n) is 4.04. The molecule has 1 N–H and O–H groups in total. The summed E-state index contributed by atoms with van der Waals surface area (Å²) in [6, 6.07) is 8.78. The number of fused-ring (bicyclic) bond motifs is 1. The Hall–Kier alpha value is -1.92. The van der Waals surface area contributed by atoms with Crippen LogP contribution in [-0.2, 0) is 20.2 Å². The van der Waals surface area contributed by atoms with Crippen molar-refractivity contribution in [3.8, 4) is 5.75 Å². The minimum atomic E-state index is -5.84. The largest absolute Gasteiger partial charge is 0.522 e. The third-order valence-corrected chi connectivity index (χ3v) is 3.20. The van der Waals surface area contributed by atoms with E-state index in [1.165, 1.54) is 0 Å². The molecule has 0 saturated heterocycles. The van der Waals surface area contributed by atoms with Crippen LogP contribution in [-0.4, -0.2) is 38.1 Å². The van der Waals surface area contributed by atoms with E-state index in [-0.39, 0.29) is 5.75 Å². The minimum Gasteiger partial charge on any atom is -0.380 e. The average molecular weight is 373 g/mol. The molecule has 0 saturated carbocycles. The molecule has 0 fully saturated rings. The van der Waals surface area contributed by atoms with Crippen LogP contribution in [0.3, 0.4) is 0 Å². The molecule has 2 rings (SSSR count). The van der Waals surface area contributed by atoms with Crippen LogP contribution in [0.15, 0.2) is 36.5 Å². The van der Waals surface area contributed by atoms with Gasteiger partial charge in [-0.3, -0.25) is 9.54 Å². The van der Waals surface area contributed by atoms with Crippen molar-refractivity contribution in [3.63, 3.8) is 0 Å². The van der Waals surface area contributed by atoms with Gasteiger partial charge in [0.2, 0.25) is 0 Å². The van der Waals surface area contributed by atoms with Gasteiger partial charge in [0.1, 0.15) is 5.52 Å². The molecule has 7 nitrogen and oxygen atoms in total. The summed E-state index contributed by atoms with van der Waals surface area (Å²) in [6.07, 6.45) is 2.60. The first-order valence-corrected chi connectivity index (χ1v) is 8.84. The van der Waals surface area contributed by atoms with Gasteiger partial charge in [-0.1, -0.05) is 18.2 Å². The van der Waals surface area contributed by atoms with Crippen LogP contribution < -0.4 is 4.18 Å². The number of halogens is 3. The summed E-state index contributed by atoms with van der Waals surface area (Å²) in [5, 5.41) is 0.846. The lowest BCUT2D eigenvalue weighted by Gasteiger charge is -2.05. The van der Waals surface area contributed by atoms with E-state index in [1.54, 1.807) is 24.4 Å². The topological polar surface area (TPSA) is 111 Å². The van der Waals surface area contributed by atoms with E-state index in [4.69, 9.17) is 17.2 Å². The minimum absolute atomic E-state index is 0.260. The fourth-order valence-electron chi connectivity index (χ4n) is 1.31. The van der Waals surface area contributed by atoms with Crippen molar-refractivity contribution in [2.75, 3.05) is 6.26 Å². The monoisotopic (exact) mass is 373 g/mol.